The lowest BCUT2D eigenvalue weighted by Crippen LogP contribution is -1.95. The molecule has 0 rings (SSSR count). The molecule has 49 valence electrons. The lowest BCUT2D eigenvalue weighted by molar-refractivity contribution is -0.132. The second-order valence-corrected chi connectivity index (χ2v) is 1.48. The van der Waals surface area contributed by atoms with Crippen LogP contribution in [0.2, 0.25) is 0 Å². The Kier molecular flexibility index (Phi) is 3.35. The summed E-state index contributed by atoms with van der Waals surface area (Å²) < 4.78 is 0. The first-order chi connectivity index (χ1) is 4.18. The highest BCUT2D eigenvalue weighted by Crippen LogP contribution is 1.91. The number of allylic oxidation sites excluding steroid dienone is 1. The Bertz CT molecular complexity index is 146. The van der Waals surface area contributed by atoms with Crippen molar-refractivity contribution >= 4 is 12.3 Å². The lowest BCUT2D eigenvalue weighted by atomic mass is 10.2. The number of hydrogen-bond acceptors (Lipinski definition) is 2. The Morgan fingerprint density at radius 1 is 1.56 bits per heavy atom. The van der Waals surface area contributed by atoms with Gasteiger partial charge < -0.3 is 9.90 Å². The summed E-state index contributed by atoms with van der Waals surface area (Å²) in [5.74, 6) is -1.01. The topological polar surface area (TPSA) is 54.4 Å². The number of aldehydes is 1. The Morgan fingerprint density at radius 3 is 2.44 bits per heavy atom. The third kappa shape index (κ3) is 3.46. The first-order valence-electron chi connectivity index (χ1n) is 2.37. The van der Waals surface area contributed by atoms with E-state index in [4.69, 9.17) is 5.11 Å². The van der Waals surface area contributed by atoms with Crippen LogP contribution in [0.5, 0.6) is 0 Å². The average Bonchev–Trinajstić information content (AvgIpc) is 1.82. The van der Waals surface area contributed by atoms with Crippen LogP contribution in [0, 0.1) is 6.42 Å². The monoisotopic (exact) mass is 127 g/mol. The van der Waals surface area contributed by atoms with Crippen molar-refractivity contribution in [2.24, 2.45) is 0 Å². The smallest absolute Gasteiger partial charge is 0.330 e. The molecule has 3 nitrogen and oxygen atoms in total. The van der Waals surface area contributed by atoms with Crippen LogP contribution in [-0.4, -0.2) is 17.4 Å². The molecular weight excluding hydrogens is 120 g/mol. The fraction of sp³-hybridized carbons (Fsp3) is 0.167. The molecule has 1 radical (unpaired) electrons. The molecule has 0 aromatic heterocycles. The van der Waals surface area contributed by atoms with Crippen LogP contribution in [0.15, 0.2) is 11.6 Å². The summed E-state index contributed by atoms with van der Waals surface area (Å²) in [5.41, 5.74) is 0.155. The molecule has 0 unspecified atom stereocenters. The lowest BCUT2D eigenvalue weighted by Gasteiger charge is -1.86. The predicted molar refractivity (Wildman–Crippen MR) is 31.8 cm³/mol. The largest absolute Gasteiger partial charge is 0.478 e. The zero-order valence-corrected chi connectivity index (χ0v) is 5.00. The third-order valence-electron chi connectivity index (χ3n) is 0.762. The van der Waals surface area contributed by atoms with E-state index in [1.165, 1.54) is 13.0 Å². The van der Waals surface area contributed by atoms with Crippen LogP contribution in [0.3, 0.4) is 0 Å². The highest BCUT2D eigenvalue weighted by molar-refractivity contribution is 5.87. The number of carboxylic acids is 1. The van der Waals surface area contributed by atoms with Crippen LogP contribution in [0.25, 0.3) is 0 Å². The van der Waals surface area contributed by atoms with E-state index in [9.17, 15) is 9.59 Å². The summed E-state index contributed by atoms with van der Waals surface area (Å²) in [6.07, 6.45) is 2.92. The van der Waals surface area contributed by atoms with E-state index in [1.807, 2.05) is 0 Å². The van der Waals surface area contributed by atoms with Gasteiger partial charge in [0.1, 0.15) is 6.29 Å². The fourth-order valence-corrected chi connectivity index (χ4v) is 0.255. The number of carbonyl (C=O) groups is 2. The molecule has 0 saturated carbocycles. The van der Waals surface area contributed by atoms with Crippen LogP contribution in [0.4, 0.5) is 0 Å². The maximum absolute atomic E-state index is 10.0. The van der Waals surface area contributed by atoms with E-state index in [-0.39, 0.29) is 5.57 Å². The third-order valence-corrected chi connectivity index (χ3v) is 0.762. The standard InChI is InChI=1S/C6H7O3/c1-5(6(8)9)3-2-4-7/h2-4H,1H3,(H,8,9). The Balaban J connectivity index is 3.83. The second kappa shape index (κ2) is 3.83. The quantitative estimate of drug-likeness (QED) is 0.441. The van der Waals surface area contributed by atoms with E-state index < -0.39 is 5.97 Å². The van der Waals surface area contributed by atoms with E-state index in [0.717, 1.165) is 6.42 Å². The highest BCUT2D eigenvalue weighted by Gasteiger charge is 1.96. The minimum atomic E-state index is -1.01. The van der Waals surface area contributed by atoms with Gasteiger partial charge in [-0.25, -0.2) is 4.79 Å². The van der Waals surface area contributed by atoms with Crippen molar-refractivity contribution in [1.29, 1.82) is 0 Å². The maximum Gasteiger partial charge on any atom is 0.330 e. The zero-order valence-electron chi connectivity index (χ0n) is 5.00. The molecule has 3 heteroatoms. The van der Waals surface area contributed by atoms with Crippen LogP contribution in [-0.2, 0) is 9.59 Å². The summed E-state index contributed by atoms with van der Waals surface area (Å²) in [6.45, 7) is 1.42. The van der Waals surface area contributed by atoms with Gasteiger partial charge in [0.2, 0.25) is 0 Å². The van der Waals surface area contributed by atoms with E-state index >= 15 is 0 Å². The van der Waals surface area contributed by atoms with Gasteiger partial charge in [-0.3, -0.25) is 0 Å². The molecule has 0 aliphatic rings. The number of carbonyl (C=O) groups excluding carboxylic acids is 1. The van der Waals surface area contributed by atoms with Gasteiger partial charge in [-0.15, -0.1) is 0 Å². The summed E-state index contributed by atoms with van der Waals surface area (Å²) in [6, 6.07) is 0. The molecule has 1 N–H and O–H groups in total. The molecule has 0 spiro atoms. The van der Waals surface area contributed by atoms with Crippen molar-refractivity contribution in [3.8, 4) is 0 Å². The molecule has 0 aliphatic heterocycles. The zero-order chi connectivity index (χ0) is 7.28. The summed E-state index contributed by atoms with van der Waals surface area (Å²) in [4.78, 5) is 19.6. The Labute approximate surface area is 53.0 Å². The normalized spacial score (nSPS) is 11.0. The second-order valence-electron chi connectivity index (χ2n) is 1.48. The van der Waals surface area contributed by atoms with Crippen LogP contribution >= 0.6 is 0 Å². The van der Waals surface area contributed by atoms with Gasteiger partial charge in [0, 0.05) is 12.0 Å². The molecule has 0 aliphatic carbocycles. The number of hydrogen-bond donors (Lipinski definition) is 1. The SMILES string of the molecule is CC(=C[CH]C=O)C(=O)O. The number of rotatable bonds is 3. The number of aliphatic carboxylic acids is 1. The molecule has 0 amide bonds. The summed E-state index contributed by atoms with van der Waals surface area (Å²) in [7, 11) is 0. The van der Waals surface area contributed by atoms with Gasteiger partial charge in [-0.05, 0) is 6.92 Å². The van der Waals surface area contributed by atoms with Crippen molar-refractivity contribution in [1.82, 2.24) is 0 Å². The fourth-order valence-electron chi connectivity index (χ4n) is 0.255. The molecule has 9 heavy (non-hydrogen) atoms. The highest BCUT2D eigenvalue weighted by atomic mass is 16.4. The maximum atomic E-state index is 10.0. The molecule has 0 saturated heterocycles. The van der Waals surface area contributed by atoms with Crippen LogP contribution < -0.4 is 0 Å². The van der Waals surface area contributed by atoms with Gasteiger partial charge in [0.15, 0.2) is 0 Å². The predicted octanol–water partition coefficient (Wildman–Crippen LogP) is 0.420. The molecular formula is C6H7O3. The molecule has 0 bridgehead atoms. The minimum absolute atomic E-state index is 0.155. The van der Waals surface area contributed by atoms with Crippen molar-refractivity contribution < 1.29 is 14.7 Å². The molecule has 0 aromatic rings. The van der Waals surface area contributed by atoms with E-state index in [0.29, 0.717) is 6.29 Å². The number of carboxylic acid groups (broad SMARTS) is 1. The van der Waals surface area contributed by atoms with Gasteiger partial charge in [-0.1, -0.05) is 6.08 Å². The summed E-state index contributed by atoms with van der Waals surface area (Å²) >= 11 is 0. The minimum Gasteiger partial charge on any atom is -0.478 e. The van der Waals surface area contributed by atoms with Crippen molar-refractivity contribution in [2.45, 2.75) is 6.92 Å². The van der Waals surface area contributed by atoms with Gasteiger partial charge in [-0.2, -0.15) is 0 Å². The first kappa shape index (κ1) is 7.88. The Hall–Kier alpha value is -1.12. The molecule has 0 heterocycles. The van der Waals surface area contributed by atoms with E-state index in [1.54, 1.807) is 0 Å². The van der Waals surface area contributed by atoms with Crippen molar-refractivity contribution in [3.63, 3.8) is 0 Å². The Morgan fingerprint density at radius 2 is 2.11 bits per heavy atom. The summed E-state index contributed by atoms with van der Waals surface area (Å²) in [5, 5.41) is 8.20. The van der Waals surface area contributed by atoms with Crippen molar-refractivity contribution in [3.05, 3.63) is 18.1 Å². The van der Waals surface area contributed by atoms with Gasteiger partial charge in [0.05, 0.1) is 0 Å². The molecule has 0 fully saturated rings. The first-order valence-corrected chi connectivity index (χ1v) is 2.37. The molecule has 0 atom stereocenters. The van der Waals surface area contributed by atoms with Gasteiger partial charge in [0.25, 0.3) is 0 Å². The van der Waals surface area contributed by atoms with Crippen LogP contribution in [0.1, 0.15) is 6.92 Å². The van der Waals surface area contributed by atoms with Gasteiger partial charge >= 0.3 is 5.97 Å². The molecule has 0 aromatic carbocycles. The van der Waals surface area contributed by atoms with Crippen molar-refractivity contribution in [2.75, 3.05) is 0 Å². The van der Waals surface area contributed by atoms with E-state index in [2.05, 4.69) is 0 Å². The average molecular weight is 127 g/mol.